The highest BCUT2D eigenvalue weighted by Gasteiger charge is 2.14. The van der Waals surface area contributed by atoms with Crippen molar-refractivity contribution in [1.29, 1.82) is 0 Å². The summed E-state index contributed by atoms with van der Waals surface area (Å²) >= 11 is 0. The van der Waals surface area contributed by atoms with E-state index in [-0.39, 0.29) is 11.4 Å². The van der Waals surface area contributed by atoms with Crippen molar-refractivity contribution < 1.29 is 13.5 Å². The zero-order valence-corrected chi connectivity index (χ0v) is 12.7. The van der Waals surface area contributed by atoms with Crippen LogP contribution < -0.4 is 4.72 Å². The molecule has 2 aromatic carbocycles. The van der Waals surface area contributed by atoms with E-state index < -0.39 is 16.1 Å². The predicted octanol–water partition coefficient (Wildman–Crippen LogP) is 2.40. The second kappa shape index (κ2) is 6.85. The second-order valence-corrected chi connectivity index (χ2v) is 6.69. The molecule has 2 aromatic rings. The third-order valence-electron chi connectivity index (χ3n) is 3.23. The van der Waals surface area contributed by atoms with Gasteiger partial charge >= 0.3 is 0 Å². The number of sulfonamides is 1. The number of rotatable bonds is 6. The van der Waals surface area contributed by atoms with E-state index in [1.807, 2.05) is 37.3 Å². The molecule has 0 aliphatic heterocycles. The van der Waals surface area contributed by atoms with Gasteiger partial charge in [0.25, 0.3) is 0 Å². The standard InChI is InChI=1S/C16H19NO3S/c1-13-7-9-15(10-8-13)21(19,20)17-12-11-16(18)14-5-3-2-4-6-14/h2-10,16-18H,11-12H2,1H3. The van der Waals surface area contributed by atoms with Crippen LogP contribution in [0.5, 0.6) is 0 Å². The van der Waals surface area contributed by atoms with Crippen LogP contribution in [0, 0.1) is 6.92 Å². The Morgan fingerprint density at radius 3 is 2.29 bits per heavy atom. The van der Waals surface area contributed by atoms with E-state index in [9.17, 15) is 13.5 Å². The summed E-state index contributed by atoms with van der Waals surface area (Å²) in [6, 6.07) is 15.9. The fraction of sp³-hybridized carbons (Fsp3) is 0.250. The Hall–Kier alpha value is -1.69. The molecule has 0 radical (unpaired) electrons. The average Bonchev–Trinajstić information content (AvgIpc) is 2.48. The molecule has 0 amide bonds. The van der Waals surface area contributed by atoms with Crippen molar-refractivity contribution in [1.82, 2.24) is 4.72 Å². The first-order valence-electron chi connectivity index (χ1n) is 6.78. The Balaban J connectivity index is 1.92. The van der Waals surface area contributed by atoms with Crippen molar-refractivity contribution in [3.05, 3.63) is 65.7 Å². The van der Waals surface area contributed by atoms with Crippen molar-refractivity contribution in [2.24, 2.45) is 0 Å². The molecular formula is C16H19NO3S. The maximum absolute atomic E-state index is 12.1. The highest BCUT2D eigenvalue weighted by atomic mass is 32.2. The Morgan fingerprint density at radius 1 is 1.05 bits per heavy atom. The van der Waals surface area contributed by atoms with Gasteiger partial charge in [-0.05, 0) is 31.0 Å². The molecule has 112 valence electrons. The van der Waals surface area contributed by atoms with Crippen molar-refractivity contribution in [3.63, 3.8) is 0 Å². The summed E-state index contributed by atoms with van der Waals surface area (Å²) in [5.41, 5.74) is 1.79. The Kier molecular flexibility index (Phi) is 5.12. The summed E-state index contributed by atoms with van der Waals surface area (Å²) in [7, 11) is -3.52. The van der Waals surface area contributed by atoms with Gasteiger partial charge in [-0.1, -0.05) is 48.0 Å². The van der Waals surface area contributed by atoms with E-state index in [2.05, 4.69) is 4.72 Å². The molecule has 0 spiro atoms. The molecule has 0 aromatic heterocycles. The minimum Gasteiger partial charge on any atom is -0.388 e. The van der Waals surface area contributed by atoms with Crippen molar-refractivity contribution >= 4 is 10.0 Å². The molecule has 4 nitrogen and oxygen atoms in total. The van der Waals surface area contributed by atoms with E-state index in [4.69, 9.17) is 0 Å². The highest BCUT2D eigenvalue weighted by molar-refractivity contribution is 7.89. The van der Waals surface area contributed by atoms with E-state index >= 15 is 0 Å². The fourth-order valence-electron chi connectivity index (χ4n) is 1.97. The largest absolute Gasteiger partial charge is 0.388 e. The zero-order chi connectivity index (χ0) is 15.3. The van der Waals surface area contributed by atoms with Crippen LogP contribution in [0.1, 0.15) is 23.7 Å². The van der Waals surface area contributed by atoms with Gasteiger partial charge in [0, 0.05) is 6.54 Å². The number of aliphatic hydroxyl groups excluding tert-OH is 1. The van der Waals surface area contributed by atoms with E-state index in [1.54, 1.807) is 24.3 Å². The monoisotopic (exact) mass is 305 g/mol. The molecule has 2 N–H and O–H groups in total. The maximum atomic E-state index is 12.1. The molecule has 0 saturated heterocycles. The molecule has 1 atom stereocenters. The van der Waals surface area contributed by atoms with Gasteiger partial charge in [-0.15, -0.1) is 0 Å². The Bertz CT molecular complexity index is 666. The minimum atomic E-state index is -3.52. The molecule has 0 saturated carbocycles. The van der Waals surface area contributed by atoms with Crippen molar-refractivity contribution in [2.75, 3.05) is 6.54 Å². The first kappa shape index (κ1) is 15.7. The van der Waals surface area contributed by atoms with Gasteiger partial charge in [-0.3, -0.25) is 0 Å². The van der Waals surface area contributed by atoms with Gasteiger partial charge in [0.1, 0.15) is 0 Å². The summed E-state index contributed by atoms with van der Waals surface area (Å²) in [6.45, 7) is 2.09. The van der Waals surface area contributed by atoms with E-state index in [0.717, 1.165) is 11.1 Å². The van der Waals surface area contributed by atoms with Crippen LogP contribution in [0.15, 0.2) is 59.5 Å². The second-order valence-electron chi connectivity index (χ2n) is 4.93. The number of nitrogens with one attached hydrogen (secondary N) is 1. The summed E-state index contributed by atoms with van der Waals surface area (Å²) in [5, 5.41) is 9.99. The van der Waals surface area contributed by atoms with Crippen LogP contribution >= 0.6 is 0 Å². The van der Waals surface area contributed by atoms with Gasteiger partial charge in [0.15, 0.2) is 0 Å². The molecule has 0 aliphatic rings. The molecule has 2 rings (SSSR count). The van der Waals surface area contributed by atoms with Gasteiger partial charge in [-0.2, -0.15) is 0 Å². The smallest absolute Gasteiger partial charge is 0.240 e. The lowest BCUT2D eigenvalue weighted by molar-refractivity contribution is 0.169. The van der Waals surface area contributed by atoms with Crippen LogP contribution in [0.25, 0.3) is 0 Å². The zero-order valence-electron chi connectivity index (χ0n) is 11.9. The Morgan fingerprint density at radius 2 is 1.67 bits per heavy atom. The number of hydrogen-bond donors (Lipinski definition) is 2. The predicted molar refractivity (Wildman–Crippen MR) is 82.4 cm³/mol. The number of benzene rings is 2. The SMILES string of the molecule is Cc1ccc(S(=O)(=O)NCCC(O)c2ccccc2)cc1. The van der Waals surface area contributed by atoms with Crippen LogP contribution in [0.4, 0.5) is 0 Å². The van der Waals surface area contributed by atoms with Crippen molar-refractivity contribution in [3.8, 4) is 0 Å². The molecular weight excluding hydrogens is 286 g/mol. The third-order valence-corrected chi connectivity index (χ3v) is 4.70. The van der Waals surface area contributed by atoms with Crippen LogP contribution in [-0.4, -0.2) is 20.1 Å². The summed E-state index contributed by atoms with van der Waals surface area (Å²) < 4.78 is 26.6. The van der Waals surface area contributed by atoms with E-state index in [0.29, 0.717) is 6.42 Å². The third kappa shape index (κ3) is 4.39. The average molecular weight is 305 g/mol. The van der Waals surface area contributed by atoms with Crippen LogP contribution in [0.2, 0.25) is 0 Å². The maximum Gasteiger partial charge on any atom is 0.240 e. The first-order valence-corrected chi connectivity index (χ1v) is 8.27. The summed E-state index contributed by atoms with van der Waals surface area (Å²) in [6.07, 6.45) is -0.346. The fourth-order valence-corrected chi connectivity index (χ4v) is 3.02. The number of aryl methyl sites for hydroxylation is 1. The molecule has 5 heteroatoms. The molecule has 21 heavy (non-hydrogen) atoms. The lowest BCUT2D eigenvalue weighted by atomic mass is 10.1. The normalized spacial score (nSPS) is 13.0. The summed E-state index contributed by atoms with van der Waals surface area (Å²) in [5.74, 6) is 0. The van der Waals surface area contributed by atoms with Gasteiger partial charge < -0.3 is 5.11 Å². The molecule has 1 unspecified atom stereocenters. The molecule has 0 fully saturated rings. The van der Waals surface area contributed by atoms with Crippen LogP contribution in [-0.2, 0) is 10.0 Å². The molecule has 0 heterocycles. The lowest BCUT2D eigenvalue weighted by Crippen LogP contribution is -2.25. The Labute approximate surface area is 125 Å². The minimum absolute atomic E-state index is 0.187. The lowest BCUT2D eigenvalue weighted by Gasteiger charge is -2.12. The van der Waals surface area contributed by atoms with Gasteiger partial charge in [-0.25, -0.2) is 13.1 Å². The van der Waals surface area contributed by atoms with Crippen molar-refractivity contribution in [2.45, 2.75) is 24.3 Å². The van der Waals surface area contributed by atoms with Gasteiger partial charge in [0.2, 0.25) is 10.0 Å². The van der Waals surface area contributed by atoms with Gasteiger partial charge in [0.05, 0.1) is 11.0 Å². The van der Waals surface area contributed by atoms with E-state index in [1.165, 1.54) is 0 Å². The topological polar surface area (TPSA) is 66.4 Å². The highest BCUT2D eigenvalue weighted by Crippen LogP contribution is 2.16. The number of hydrogen-bond acceptors (Lipinski definition) is 3. The summed E-state index contributed by atoms with van der Waals surface area (Å²) in [4.78, 5) is 0.238. The van der Waals surface area contributed by atoms with Crippen LogP contribution in [0.3, 0.4) is 0 Å². The quantitative estimate of drug-likeness (QED) is 0.861. The molecule has 0 bridgehead atoms. The molecule has 0 aliphatic carbocycles. The number of aliphatic hydroxyl groups is 1. The first-order chi connectivity index (χ1) is 9.99.